The average molecular weight is 624 g/mol. The third kappa shape index (κ3) is 18.0. The highest BCUT2D eigenvalue weighted by atomic mass is 17.7. The second kappa shape index (κ2) is 21.7. The maximum Gasteiger partial charge on any atom is 0.442 e. The number of carbonyl (C=O) groups is 3. The zero-order valence-electron chi connectivity index (χ0n) is 27.0. The van der Waals surface area contributed by atoms with Crippen molar-refractivity contribution in [2.45, 2.75) is 109 Å². The summed E-state index contributed by atoms with van der Waals surface area (Å²) < 4.78 is 5.77. The van der Waals surface area contributed by atoms with Crippen LogP contribution in [-0.2, 0) is 29.4 Å². The van der Waals surface area contributed by atoms with Crippen molar-refractivity contribution in [3.63, 3.8) is 0 Å². The Kier molecular flexibility index (Phi) is 18.3. The number of likely N-dealkylation sites (tertiary alicyclic amines) is 1. The Balaban J connectivity index is 1.33. The van der Waals surface area contributed by atoms with Crippen molar-refractivity contribution in [1.29, 1.82) is 0 Å². The first-order chi connectivity index (χ1) is 21.1. The van der Waals surface area contributed by atoms with Gasteiger partial charge in [0, 0.05) is 42.2 Å². The van der Waals surface area contributed by atoms with E-state index >= 15 is 0 Å². The number of ether oxygens (including phenoxy) is 1. The van der Waals surface area contributed by atoms with E-state index < -0.39 is 11.6 Å². The number of rotatable bonds is 22. The molecule has 13 heteroatoms. The number of pyridine rings is 1. The number of hydrogen-bond acceptors (Lipinski definition) is 10. The Labute approximate surface area is 261 Å². The molecule has 0 radical (unpaired) electrons. The largest absolute Gasteiger partial charge is 0.490 e. The summed E-state index contributed by atoms with van der Waals surface area (Å²) >= 11 is 0. The number of nitrogens with one attached hydrogen (secondary N) is 3. The van der Waals surface area contributed by atoms with E-state index in [0.29, 0.717) is 38.1 Å². The Hall–Kier alpha value is -3.00. The van der Waals surface area contributed by atoms with Crippen LogP contribution in [-0.4, -0.2) is 73.2 Å². The van der Waals surface area contributed by atoms with E-state index in [-0.39, 0.29) is 24.7 Å². The van der Waals surface area contributed by atoms with E-state index in [1.54, 1.807) is 6.20 Å². The number of amides is 3. The van der Waals surface area contributed by atoms with Crippen LogP contribution in [0.4, 0.5) is 4.79 Å². The van der Waals surface area contributed by atoms with Crippen molar-refractivity contribution in [1.82, 2.24) is 25.8 Å². The SMILES string of the molecule is CN1CCC[C@H]1c1cncc(OCCNC(=O)CCC(=O)NCCCCCCCCCCOOOOC(=O)NC(C)(C)C)c1. The molecule has 1 aliphatic rings. The molecule has 2 heterocycles. The van der Waals surface area contributed by atoms with Crippen LogP contribution in [0.25, 0.3) is 0 Å². The highest BCUT2D eigenvalue weighted by molar-refractivity contribution is 5.83. The van der Waals surface area contributed by atoms with Gasteiger partial charge >= 0.3 is 6.09 Å². The minimum absolute atomic E-state index is 0.104. The average Bonchev–Trinajstić information content (AvgIpc) is 3.41. The second-order valence-corrected chi connectivity index (χ2v) is 12.2. The Morgan fingerprint density at radius 3 is 2.20 bits per heavy atom. The van der Waals surface area contributed by atoms with Gasteiger partial charge in [-0.3, -0.25) is 19.5 Å². The zero-order chi connectivity index (χ0) is 32.0. The summed E-state index contributed by atoms with van der Waals surface area (Å²) in [5.41, 5.74) is 0.720. The molecular formula is C31H53N5O8. The molecule has 2 rings (SSSR count). The van der Waals surface area contributed by atoms with E-state index in [1.807, 2.05) is 33.0 Å². The maximum atomic E-state index is 12.1. The lowest BCUT2D eigenvalue weighted by molar-refractivity contribution is -0.616. The third-order valence-corrected chi connectivity index (χ3v) is 7.05. The Morgan fingerprint density at radius 1 is 0.886 bits per heavy atom. The van der Waals surface area contributed by atoms with Gasteiger partial charge in [-0.2, -0.15) is 0 Å². The topological polar surface area (TPSA) is 150 Å². The molecule has 0 saturated carbocycles. The van der Waals surface area contributed by atoms with Crippen LogP contribution in [0.5, 0.6) is 5.75 Å². The van der Waals surface area contributed by atoms with Gasteiger partial charge in [0.1, 0.15) is 12.4 Å². The quantitative estimate of drug-likeness (QED) is 0.0944. The fourth-order valence-electron chi connectivity index (χ4n) is 4.79. The van der Waals surface area contributed by atoms with E-state index in [9.17, 15) is 14.4 Å². The van der Waals surface area contributed by atoms with Crippen LogP contribution in [0.1, 0.15) is 109 Å². The van der Waals surface area contributed by atoms with Crippen LogP contribution >= 0.6 is 0 Å². The van der Waals surface area contributed by atoms with E-state index in [2.05, 4.69) is 47.8 Å². The third-order valence-electron chi connectivity index (χ3n) is 7.05. The van der Waals surface area contributed by atoms with Gasteiger partial charge in [-0.05, 0) is 76.7 Å². The molecule has 3 amide bonds. The Bertz CT molecular complexity index is 975. The van der Waals surface area contributed by atoms with Gasteiger partial charge in [-0.25, -0.2) is 14.6 Å². The molecule has 1 saturated heterocycles. The molecule has 44 heavy (non-hydrogen) atoms. The molecule has 1 aromatic heterocycles. The summed E-state index contributed by atoms with van der Waals surface area (Å²) in [4.78, 5) is 51.2. The van der Waals surface area contributed by atoms with Gasteiger partial charge in [-0.1, -0.05) is 38.5 Å². The van der Waals surface area contributed by atoms with Crippen molar-refractivity contribution >= 4 is 17.9 Å². The van der Waals surface area contributed by atoms with Crippen LogP contribution in [0.3, 0.4) is 0 Å². The lowest BCUT2D eigenvalue weighted by atomic mass is 10.1. The highest BCUT2D eigenvalue weighted by Crippen LogP contribution is 2.31. The summed E-state index contributed by atoms with van der Waals surface area (Å²) in [6, 6.07) is 2.41. The van der Waals surface area contributed by atoms with E-state index in [1.165, 1.54) is 6.42 Å². The van der Waals surface area contributed by atoms with E-state index in [0.717, 1.165) is 69.9 Å². The number of unbranched alkanes of at least 4 members (excludes halogenated alkanes) is 7. The highest BCUT2D eigenvalue weighted by Gasteiger charge is 2.23. The molecule has 1 aromatic rings. The number of aromatic nitrogens is 1. The predicted octanol–water partition coefficient (Wildman–Crippen LogP) is 4.68. The molecule has 0 bridgehead atoms. The normalized spacial score (nSPS) is 15.1. The maximum absolute atomic E-state index is 12.1. The number of nitrogens with zero attached hydrogens (tertiary/aromatic N) is 2. The van der Waals surface area contributed by atoms with Crippen LogP contribution in [0.15, 0.2) is 18.5 Å². The van der Waals surface area contributed by atoms with Gasteiger partial charge in [-0.15, -0.1) is 0 Å². The van der Waals surface area contributed by atoms with Crippen LogP contribution in [0, 0.1) is 0 Å². The van der Waals surface area contributed by atoms with Crippen molar-refractivity contribution in [3.8, 4) is 5.75 Å². The number of carbonyl (C=O) groups excluding carboxylic acids is 3. The summed E-state index contributed by atoms with van der Waals surface area (Å²) in [6.07, 6.45) is 13.7. The van der Waals surface area contributed by atoms with Gasteiger partial charge in [0.15, 0.2) is 0 Å². The van der Waals surface area contributed by atoms with E-state index in [4.69, 9.17) is 9.62 Å². The van der Waals surface area contributed by atoms with Gasteiger partial charge in [0.05, 0.1) is 19.3 Å². The fourth-order valence-corrected chi connectivity index (χ4v) is 4.79. The zero-order valence-corrected chi connectivity index (χ0v) is 27.0. The van der Waals surface area contributed by atoms with Gasteiger partial charge < -0.3 is 20.7 Å². The molecule has 0 aromatic carbocycles. The summed E-state index contributed by atoms with van der Waals surface area (Å²) in [7, 11) is 2.12. The minimum Gasteiger partial charge on any atom is -0.490 e. The summed E-state index contributed by atoms with van der Waals surface area (Å²) in [6.45, 7) is 8.21. The van der Waals surface area contributed by atoms with Crippen molar-refractivity contribution < 1.29 is 39.0 Å². The first kappa shape index (κ1) is 37.2. The molecule has 3 N–H and O–H groups in total. The molecule has 1 fully saturated rings. The molecule has 250 valence electrons. The smallest absolute Gasteiger partial charge is 0.442 e. The Morgan fingerprint density at radius 2 is 1.55 bits per heavy atom. The lowest BCUT2D eigenvalue weighted by Crippen LogP contribution is -2.40. The van der Waals surface area contributed by atoms with Crippen molar-refractivity contribution in [2.24, 2.45) is 0 Å². The second-order valence-electron chi connectivity index (χ2n) is 12.2. The predicted molar refractivity (Wildman–Crippen MR) is 164 cm³/mol. The molecule has 0 aliphatic carbocycles. The molecule has 13 nitrogen and oxygen atoms in total. The van der Waals surface area contributed by atoms with Crippen LogP contribution < -0.4 is 20.7 Å². The molecule has 1 aliphatic heterocycles. The first-order valence-corrected chi connectivity index (χ1v) is 15.9. The fraction of sp³-hybridized carbons (Fsp3) is 0.742. The van der Waals surface area contributed by atoms with Crippen molar-refractivity contribution in [2.75, 3.05) is 39.9 Å². The molecule has 0 unspecified atom stereocenters. The first-order valence-electron chi connectivity index (χ1n) is 15.9. The standard InChI is InChI=1S/C31H53N5O8/c1-31(2,3)35-30(39)42-44-43-41-20-12-10-8-6-5-7-9-11-17-33-28(37)15-16-29(38)34-18-21-40-26-22-25(23-32-24-26)27-14-13-19-36(27)4/h22-24,27H,5-21H2,1-4H3,(H,33,37)(H,34,38)(H,35,39)/t27-/m0/s1. The molecule has 0 spiro atoms. The van der Waals surface area contributed by atoms with Crippen molar-refractivity contribution in [3.05, 3.63) is 24.0 Å². The summed E-state index contributed by atoms with van der Waals surface area (Å²) in [5.74, 6) is 0.435. The summed E-state index contributed by atoms with van der Waals surface area (Å²) in [5, 5.41) is 16.8. The van der Waals surface area contributed by atoms with Gasteiger partial charge in [0.25, 0.3) is 0 Å². The minimum atomic E-state index is -0.760. The van der Waals surface area contributed by atoms with Gasteiger partial charge in [0.2, 0.25) is 11.8 Å². The number of hydrogen-bond donors (Lipinski definition) is 3. The lowest BCUT2D eigenvalue weighted by Gasteiger charge is -2.19. The monoisotopic (exact) mass is 623 g/mol. The van der Waals surface area contributed by atoms with Crippen LogP contribution in [0.2, 0.25) is 0 Å². The molecule has 1 atom stereocenters. The molecular weight excluding hydrogens is 570 g/mol.